The van der Waals surface area contributed by atoms with Crippen LogP contribution < -0.4 is 9.47 Å². The second-order valence-electron chi connectivity index (χ2n) is 7.50. The van der Waals surface area contributed by atoms with Crippen molar-refractivity contribution in [2.45, 2.75) is 32.8 Å². The lowest BCUT2D eigenvalue weighted by Crippen LogP contribution is -2.35. The fourth-order valence-electron chi connectivity index (χ4n) is 3.94. The summed E-state index contributed by atoms with van der Waals surface area (Å²) >= 11 is 8.14. The van der Waals surface area contributed by atoms with Gasteiger partial charge in [-0.05, 0) is 77.2 Å². The van der Waals surface area contributed by atoms with Crippen LogP contribution in [0.3, 0.4) is 0 Å². The molecule has 1 aliphatic rings. The van der Waals surface area contributed by atoms with Gasteiger partial charge in [-0.25, -0.2) is 0 Å². The minimum Gasteiger partial charge on any atom is -0.490 e. The molecular weight excluding hydrogens is 505 g/mol. The Morgan fingerprint density at radius 2 is 1.77 bits per heavy atom. The van der Waals surface area contributed by atoms with E-state index in [1.807, 2.05) is 13.0 Å². The topological polar surface area (TPSA) is 21.7 Å². The quantitative estimate of drug-likeness (QED) is 0.265. The van der Waals surface area contributed by atoms with E-state index in [4.69, 9.17) is 21.7 Å². The first-order chi connectivity index (χ1) is 14.7. The summed E-state index contributed by atoms with van der Waals surface area (Å²) in [7, 11) is 0. The van der Waals surface area contributed by atoms with E-state index in [1.54, 1.807) is 0 Å². The highest BCUT2D eigenvalue weighted by molar-refractivity contribution is 14.1. The zero-order chi connectivity index (χ0) is 20.9. The molecule has 3 nitrogen and oxygen atoms in total. The van der Waals surface area contributed by atoms with E-state index in [0.29, 0.717) is 13.2 Å². The lowest BCUT2D eigenvalue weighted by Gasteiger charge is -2.29. The fourth-order valence-corrected chi connectivity index (χ4v) is 5.00. The molecule has 4 rings (SSSR count). The summed E-state index contributed by atoms with van der Waals surface area (Å²) in [6.07, 6.45) is 3.71. The predicted octanol–water partition coefficient (Wildman–Crippen LogP) is 6.58. The molecule has 0 amide bonds. The van der Waals surface area contributed by atoms with Gasteiger partial charge in [0.1, 0.15) is 11.6 Å². The van der Waals surface area contributed by atoms with Gasteiger partial charge in [0.05, 0.1) is 10.2 Å². The number of ether oxygens (including phenoxy) is 2. The molecule has 5 heteroatoms. The van der Waals surface area contributed by atoms with E-state index in [0.717, 1.165) is 38.7 Å². The maximum atomic E-state index is 6.31. The average molecular weight is 531 g/mol. The van der Waals surface area contributed by atoms with E-state index in [2.05, 4.69) is 76.0 Å². The molecule has 0 atom stereocenters. The van der Waals surface area contributed by atoms with Gasteiger partial charge in [0.25, 0.3) is 0 Å². The maximum Gasteiger partial charge on any atom is 0.175 e. The molecule has 1 aliphatic heterocycles. The minimum absolute atomic E-state index is 0.493. The van der Waals surface area contributed by atoms with Gasteiger partial charge < -0.3 is 14.4 Å². The number of nitrogens with zero attached hydrogens (tertiary/aromatic N) is 1. The molecule has 1 fully saturated rings. The Morgan fingerprint density at radius 3 is 2.57 bits per heavy atom. The highest BCUT2D eigenvalue weighted by Gasteiger charge is 2.19. The van der Waals surface area contributed by atoms with Crippen molar-refractivity contribution in [3.8, 4) is 11.5 Å². The number of hydrogen-bond acceptors (Lipinski definition) is 3. The zero-order valence-electron chi connectivity index (χ0n) is 17.2. The maximum absolute atomic E-state index is 6.31. The fraction of sp³-hybridized carbons (Fsp3) is 0.320. The van der Waals surface area contributed by atoms with Gasteiger partial charge in [-0.1, -0.05) is 54.7 Å². The smallest absolute Gasteiger partial charge is 0.175 e. The molecule has 1 saturated heterocycles. The highest BCUT2D eigenvalue weighted by Crippen LogP contribution is 2.36. The first kappa shape index (κ1) is 21.4. The molecule has 30 heavy (non-hydrogen) atoms. The Morgan fingerprint density at radius 1 is 1.00 bits per heavy atom. The number of piperidine rings is 1. The van der Waals surface area contributed by atoms with Crippen LogP contribution in [-0.4, -0.2) is 29.6 Å². The second kappa shape index (κ2) is 9.96. The van der Waals surface area contributed by atoms with Crippen LogP contribution in [0.5, 0.6) is 11.5 Å². The van der Waals surface area contributed by atoms with Crippen molar-refractivity contribution in [1.29, 1.82) is 0 Å². The molecule has 0 spiro atoms. The Balaban J connectivity index is 1.60. The van der Waals surface area contributed by atoms with Crippen LogP contribution >= 0.6 is 34.8 Å². The number of benzene rings is 3. The highest BCUT2D eigenvalue weighted by atomic mass is 127. The Labute approximate surface area is 197 Å². The second-order valence-corrected chi connectivity index (χ2v) is 9.05. The molecule has 0 unspecified atom stereocenters. The average Bonchev–Trinajstić information content (AvgIpc) is 2.78. The lowest BCUT2D eigenvalue weighted by atomic mass is 10.1. The Bertz CT molecular complexity index is 1040. The van der Waals surface area contributed by atoms with Crippen LogP contribution in [0.4, 0.5) is 0 Å². The van der Waals surface area contributed by atoms with Crippen molar-refractivity contribution in [1.82, 2.24) is 4.90 Å². The van der Waals surface area contributed by atoms with E-state index in [-0.39, 0.29) is 0 Å². The van der Waals surface area contributed by atoms with Gasteiger partial charge in [0.2, 0.25) is 0 Å². The van der Waals surface area contributed by atoms with Gasteiger partial charge >= 0.3 is 0 Å². The first-order valence-corrected chi connectivity index (χ1v) is 12.0. The van der Waals surface area contributed by atoms with E-state index >= 15 is 0 Å². The third kappa shape index (κ3) is 4.72. The van der Waals surface area contributed by atoms with Gasteiger partial charge in [-0.2, -0.15) is 0 Å². The molecule has 0 N–H and O–H groups in total. The Kier molecular flexibility index (Phi) is 7.10. The number of fused-ring (bicyclic) bond motifs is 1. The third-order valence-corrected chi connectivity index (χ3v) is 6.75. The van der Waals surface area contributed by atoms with Crippen LogP contribution in [0.1, 0.15) is 37.3 Å². The van der Waals surface area contributed by atoms with Gasteiger partial charge in [-0.15, -0.1) is 0 Å². The predicted molar refractivity (Wildman–Crippen MR) is 136 cm³/mol. The zero-order valence-corrected chi connectivity index (χ0v) is 20.2. The number of hydrogen-bond donors (Lipinski definition) is 0. The van der Waals surface area contributed by atoms with Crippen molar-refractivity contribution in [3.63, 3.8) is 0 Å². The largest absolute Gasteiger partial charge is 0.490 e. The molecule has 1 heterocycles. The van der Waals surface area contributed by atoms with Crippen molar-refractivity contribution >= 4 is 50.6 Å². The van der Waals surface area contributed by atoms with Crippen molar-refractivity contribution in [3.05, 3.63) is 69.3 Å². The van der Waals surface area contributed by atoms with Crippen molar-refractivity contribution in [2.24, 2.45) is 0 Å². The number of likely N-dealkylation sites (tertiary alicyclic amines) is 1. The SMILES string of the molecule is CCOc1cc(C(=S)N2CCCCC2)cc(I)c1OCc1cccc2ccccc12. The van der Waals surface area contributed by atoms with E-state index in [9.17, 15) is 0 Å². The third-order valence-electron chi connectivity index (χ3n) is 5.45. The summed E-state index contributed by atoms with van der Waals surface area (Å²) in [5.74, 6) is 1.55. The van der Waals surface area contributed by atoms with E-state index in [1.165, 1.54) is 35.6 Å². The van der Waals surface area contributed by atoms with Gasteiger partial charge in [0.15, 0.2) is 11.5 Å². The molecule has 0 saturated carbocycles. The molecule has 0 aromatic heterocycles. The van der Waals surface area contributed by atoms with Crippen LogP contribution in [0.25, 0.3) is 10.8 Å². The summed E-state index contributed by atoms with van der Waals surface area (Å²) in [5.41, 5.74) is 2.21. The standard InChI is InChI=1S/C25H26INO2S/c1-2-28-23-16-20(25(30)27-13-6-3-7-14-27)15-22(26)24(23)29-17-19-11-8-10-18-9-4-5-12-21(18)19/h4-5,8-12,15-16H,2-3,6-7,13-14,17H2,1H3. The lowest BCUT2D eigenvalue weighted by molar-refractivity contribution is 0.268. The molecule has 0 bridgehead atoms. The molecule has 0 radical (unpaired) electrons. The number of rotatable bonds is 6. The van der Waals surface area contributed by atoms with Crippen molar-refractivity contribution < 1.29 is 9.47 Å². The van der Waals surface area contributed by atoms with Gasteiger partial charge in [0, 0.05) is 18.7 Å². The first-order valence-electron chi connectivity index (χ1n) is 10.5. The molecular formula is C25H26INO2S. The van der Waals surface area contributed by atoms with Crippen LogP contribution in [-0.2, 0) is 6.61 Å². The summed E-state index contributed by atoms with van der Waals surface area (Å²) in [4.78, 5) is 3.23. The summed E-state index contributed by atoms with van der Waals surface area (Å²) in [5, 5.41) is 2.44. The summed E-state index contributed by atoms with van der Waals surface area (Å²) < 4.78 is 13.3. The summed E-state index contributed by atoms with van der Waals surface area (Å²) in [6.45, 7) is 5.16. The van der Waals surface area contributed by atoms with Crippen LogP contribution in [0.15, 0.2) is 54.6 Å². The van der Waals surface area contributed by atoms with Crippen molar-refractivity contribution in [2.75, 3.05) is 19.7 Å². The molecule has 156 valence electrons. The number of thiocarbonyl (C=S) groups is 1. The number of halogens is 1. The summed E-state index contributed by atoms with van der Waals surface area (Å²) in [6, 6.07) is 18.9. The van der Waals surface area contributed by atoms with Crippen LogP contribution in [0, 0.1) is 3.57 Å². The molecule has 3 aromatic carbocycles. The molecule has 3 aromatic rings. The Hall–Kier alpha value is -1.86. The van der Waals surface area contributed by atoms with E-state index < -0.39 is 0 Å². The molecule has 0 aliphatic carbocycles. The normalized spacial score (nSPS) is 14.0. The van der Waals surface area contributed by atoms with Gasteiger partial charge in [-0.3, -0.25) is 0 Å². The van der Waals surface area contributed by atoms with Crippen LogP contribution in [0.2, 0.25) is 0 Å². The minimum atomic E-state index is 0.493. The monoisotopic (exact) mass is 531 g/mol.